The Kier molecular flexibility index (Phi) is 4.50. The summed E-state index contributed by atoms with van der Waals surface area (Å²) in [7, 11) is 1.77. The fourth-order valence-corrected chi connectivity index (χ4v) is 2.59. The number of para-hydroxylation sites is 1. The van der Waals surface area contributed by atoms with Gasteiger partial charge < -0.3 is 10.0 Å². The van der Waals surface area contributed by atoms with Gasteiger partial charge in [-0.15, -0.1) is 0 Å². The van der Waals surface area contributed by atoms with Crippen molar-refractivity contribution in [2.24, 2.45) is 5.92 Å². The van der Waals surface area contributed by atoms with Crippen molar-refractivity contribution in [3.63, 3.8) is 0 Å². The Bertz CT molecular complexity index is 544. The van der Waals surface area contributed by atoms with Crippen LogP contribution in [0.1, 0.15) is 25.8 Å². The molecule has 1 aromatic carbocycles. The van der Waals surface area contributed by atoms with Crippen molar-refractivity contribution in [1.82, 2.24) is 4.90 Å². The van der Waals surface area contributed by atoms with Gasteiger partial charge in [-0.2, -0.15) is 0 Å². The van der Waals surface area contributed by atoms with E-state index in [1.54, 1.807) is 16.8 Å². The lowest BCUT2D eigenvalue weighted by Crippen LogP contribution is -2.50. The number of anilines is 1. The quantitative estimate of drug-likeness (QED) is 0.930. The van der Waals surface area contributed by atoms with Gasteiger partial charge in [0, 0.05) is 25.3 Å². The second-order valence-corrected chi connectivity index (χ2v) is 5.63. The van der Waals surface area contributed by atoms with Crippen LogP contribution in [0.2, 0.25) is 0 Å². The van der Waals surface area contributed by atoms with Gasteiger partial charge in [-0.05, 0) is 31.4 Å². The summed E-state index contributed by atoms with van der Waals surface area (Å²) >= 11 is 0. The molecular weight excluding hydrogens is 268 g/mol. The van der Waals surface area contributed by atoms with Crippen LogP contribution >= 0.6 is 0 Å². The van der Waals surface area contributed by atoms with Gasteiger partial charge in [-0.3, -0.25) is 9.69 Å². The summed E-state index contributed by atoms with van der Waals surface area (Å²) in [6.45, 7) is 4.24. The van der Waals surface area contributed by atoms with Crippen LogP contribution in [0.4, 0.5) is 10.5 Å². The Hall–Kier alpha value is -2.04. The van der Waals surface area contributed by atoms with Crippen molar-refractivity contribution in [2.45, 2.75) is 32.7 Å². The minimum absolute atomic E-state index is 0.120. The number of amides is 2. The summed E-state index contributed by atoms with van der Waals surface area (Å²) in [6, 6.07) is 7.52. The number of carbonyl (C=O) groups is 2. The van der Waals surface area contributed by atoms with Gasteiger partial charge in [0.15, 0.2) is 0 Å². The van der Waals surface area contributed by atoms with E-state index in [0.29, 0.717) is 6.42 Å². The highest BCUT2D eigenvalue weighted by Gasteiger charge is 2.33. The second kappa shape index (κ2) is 6.16. The molecule has 0 bridgehead atoms. The Balaban J connectivity index is 2.33. The third kappa shape index (κ3) is 3.01. The second-order valence-electron chi connectivity index (χ2n) is 5.63. The number of carboxylic acid groups (broad SMARTS) is 1. The van der Waals surface area contributed by atoms with E-state index in [-0.39, 0.29) is 18.6 Å². The topological polar surface area (TPSA) is 60.9 Å². The number of benzene rings is 1. The Morgan fingerprint density at radius 3 is 2.71 bits per heavy atom. The molecule has 2 atom stereocenters. The SMILES string of the molecule is CCC(C)N(C)C(=O)N1CC(C(=O)O)Cc2ccccc21. The maximum absolute atomic E-state index is 12.7. The van der Waals surface area contributed by atoms with E-state index in [1.807, 2.05) is 38.1 Å². The number of urea groups is 1. The summed E-state index contributed by atoms with van der Waals surface area (Å²) < 4.78 is 0. The molecule has 0 spiro atoms. The van der Waals surface area contributed by atoms with E-state index >= 15 is 0 Å². The maximum atomic E-state index is 12.7. The predicted molar refractivity (Wildman–Crippen MR) is 81.5 cm³/mol. The molecule has 0 fully saturated rings. The molecule has 1 aromatic rings. The van der Waals surface area contributed by atoms with Crippen LogP contribution < -0.4 is 4.90 Å². The highest BCUT2D eigenvalue weighted by molar-refractivity contribution is 5.94. The molecule has 0 saturated heterocycles. The van der Waals surface area contributed by atoms with E-state index in [0.717, 1.165) is 17.7 Å². The number of carboxylic acids is 1. The number of fused-ring (bicyclic) bond motifs is 1. The standard InChI is InChI=1S/C16H22N2O3/c1-4-11(2)17(3)16(21)18-10-13(15(19)20)9-12-7-5-6-8-14(12)18/h5-8,11,13H,4,9-10H2,1-3H3,(H,19,20). The van der Waals surface area contributed by atoms with Crippen LogP contribution in [0.3, 0.4) is 0 Å². The molecule has 5 heteroatoms. The lowest BCUT2D eigenvalue weighted by atomic mass is 9.92. The van der Waals surface area contributed by atoms with E-state index in [9.17, 15) is 14.7 Å². The summed E-state index contributed by atoms with van der Waals surface area (Å²) in [5.41, 5.74) is 1.75. The fraction of sp³-hybridized carbons (Fsp3) is 0.500. The first-order valence-electron chi connectivity index (χ1n) is 7.30. The average molecular weight is 290 g/mol. The highest BCUT2D eigenvalue weighted by atomic mass is 16.4. The summed E-state index contributed by atoms with van der Waals surface area (Å²) in [5, 5.41) is 9.31. The zero-order chi connectivity index (χ0) is 15.6. The zero-order valence-corrected chi connectivity index (χ0v) is 12.7. The molecule has 0 radical (unpaired) electrons. The van der Waals surface area contributed by atoms with Crippen molar-refractivity contribution in [1.29, 1.82) is 0 Å². The molecule has 5 nitrogen and oxygen atoms in total. The van der Waals surface area contributed by atoms with E-state index in [4.69, 9.17) is 0 Å². The maximum Gasteiger partial charge on any atom is 0.324 e. The average Bonchev–Trinajstić information content (AvgIpc) is 2.51. The van der Waals surface area contributed by atoms with Gasteiger partial charge in [0.05, 0.1) is 5.92 Å². The highest BCUT2D eigenvalue weighted by Crippen LogP contribution is 2.30. The molecule has 0 saturated carbocycles. The Morgan fingerprint density at radius 1 is 1.43 bits per heavy atom. The van der Waals surface area contributed by atoms with Gasteiger partial charge in [0.2, 0.25) is 0 Å². The first kappa shape index (κ1) is 15.4. The van der Waals surface area contributed by atoms with Gasteiger partial charge in [-0.25, -0.2) is 4.79 Å². The molecule has 1 aliphatic rings. The number of hydrogen-bond donors (Lipinski definition) is 1. The van der Waals surface area contributed by atoms with E-state index in [1.165, 1.54) is 0 Å². The van der Waals surface area contributed by atoms with Gasteiger partial charge in [0.1, 0.15) is 0 Å². The van der Waals surface area contributed by atoms with Crippen LogP contribution in [-0.2, 0) is 11.2 Å². The van der Waals surface area contributed by atoms with Gasteiger partial charge >= 0.3 is 12.0 Å². The molecule has 0 aromatic heterocycles. The smallest absolute Gasteiger partial charge is 0.324 e. The molecule has 114 valence electrons. The largest absolute Gasteiger partial charge is 0.481 e. The van der Waals surface area contributed by atoms with Crippen LogP contribution in [0, 0.1) is 5.92 Å². The van der Waals surface area contributed by atoms with Crippen LogP contribution in [0.25, 0.3) is 0 Å². The number of rotatable bonds is 3. The molecule has 2 unspecified atom stereocenters. The summed E-state index contributed by atoms with van der Waals surface area (Å²) in [5.74, 6) is -1.40. The first-order valence-corrected chi connectivity index (χ1v) is 7.30. The normalized spacial score (nSPS) is 18.8. The predicted octanol–water partition coefficient (Wildman–Crippen LogP) is 2.60. The van der Waals surface area contributed by atoms with Gasteiger partial charge in [0.25, 0.3) is 0 Å². The Morgan fingerprint density at radius 2 is 2.10 bits per heavy atom. The Labute approximate surface area is 125 Å². The van der Waals surface area contributed by atoms with Crippen molar-refractivity contribution < 1.29 is 14.7 Å². The third-order valence-electron chi connectivity index (χ3n) is 4.29. The monoisotopic (exact) mass is 290 g/mol. The molecule has 2 rings (SSSR count). The zero-order valence-electron chi connectivity index (χ0n) is 12.7. The van der Waals surface area contributed by atoms with Crippen molar-refractivity contribution >= 4 is 17.7 Å². The van der Waals surface area contributed by atoms with Crippen molar-refractivity contribution in [3.05, 3.63) is 29.8 Å². The first-order chi connectivity index (χ1) is 9.95. The van der Waals surface area contributed by atoms with Crippen molar-refractivity contribution in [3.8, 4) is 0 Å². The minimum atomic E-state index is -0.853. The number of carbonyl (C=O) groups excluding carboxylic acids is 1. The summed E-state index contributed by atoms with van der Waals surface area (Å²) in [6.07, 6.45) is 1.34. The van der Waals surface area contributed by atoms with E-state index in [2.05, 4.69) is 0 Å². The number of hydrogen-bond acceptors (Lipinski definition) is 2. The van der Waals surface area contributed by atoms with Gasteiger partial charge in [-0.1, -0.05) is 25.1 Å². The molecule has 1 aliphatic heterocycles. The summed E-state index contributed by atoms with van der Waals surface area (Å²) in [4.78, 5) is 27.3. The van der Waals surface area contributed by atoms with Crippen LogP contribution in [-0.4, -0.2) is 41.6 Å². The van der Waals surface area contributed by atoms with Crippen molar-refractivity contribution in [2.75, 3.05) is 18.5 Å². The molecular formula is C16H22N2O3. The third-order valence-corrected chi connectivity index (χ3v) is 4.29. The number of nitrogens with zero attached hydrogens (tertiary/aromatic N) is 2. The number of aliphatic carboxylic acids is 1. The molecule has 1 heterocycles. The molecule has 1 N–H and O–H groups in total. The fourth-order valence-electron chi connectivity index (χ4n) is 2.59. The lowest BCUT2D eigenvalue weighted by molar-refractivity contribution is -0.141. The lowest BCUT2D eigenvalue weighted by Gasteiger charge is -2.37. The van der Waals surface area contributed by atoms with Crippen LogP contribution in [0.5, 0.6) is 0 Å². The van der Waals surface area contributed by atoms with E-state index < -0.39 is 11.9 Å². The molecule has 21 heavy (non-hydrogen) atoms. The molecule has 2 amide bonds. The molecule has 0 aliphatic carbocycles. The minimum Gasteiger partial charge on any atom is -0.481 e. The van der Waals surface area contributed by atoms with Crippen LogP contribution in [0.15, 0.2) is 24.3 Å².